The van der Waals surface area contributed by atoms with Crippen molar-refractivity contribution >= 4 is 6.21 Å². The third kappa shape index (κ3) is 1.64. The zero-order chi connectivity index (χ0) is 13.4. The highest BCUT2D eigenvalue weighted by Gasteiger charge is 2.22. The van der Waals surface area contributed by atoms with Crippen molar-refractivity contribution in [3.63, 3.8) is 0 Å². The first-order chi connectivity index (χ1) is 9.93. The molecule has 0 N–H and O–H groups in total. The average Bonchev–Trinajstić information content (AvgIpc) is 2.92. The molecule has 0 fully saturated rings. The molecule has 3 aromatic rings. The summed E-state index contributed by atoms with van der Waals surface area (Å²) in [5.41, 5.74) is 3.00. The number of pyridine rings is 1. The van der Waals surface area contributed by atoms with Crippen molar-refractivity contribution in [2.24, 2.45) is 4.99 Å². The molecule has 1 aliphatic rings. The Morgan fingerprint density at radius 3 is 2.80 bits per heavy atom. The number of nitrogens with zero attached hydrogens (tertiary/aromatic N) is 5. The van der Waals surface area contributed by atoms with E-state index in [0.717, 1.165) is 22.8 Å². The van der Waals surface area contributed by atoms with Crippen molar-refractivity contribution in [3.05, 3.63) is 72.1 Å². The van der Waals surface area contributed by atoms with E-state index < -0.39 is 0 Å². The van der Waals surface area contributed by atoms with Crippen LogP contribution >= 0.6 is 0 Å². The number of rotatable bonds is 1. The maximum absolute atomic E-state index is 4.64. The van der Waals surface area contributed by atoms with Gasteiger partial charge in [0, 0.05) is 6.20 Å². The van der Waals surface area contributed by atoms with E-state index in [1.54, 1.807) is 18.7 Å². The van der Waals surface area contributed by atoms with Gasteiger partial charge in [-0.2, -0.15) is 0 Å². The summed E-state index contributed by atoms with van der Waals surface area (Å²) in [5.74, 6) is 0.720. The molecule has 1 aromatic carbocycles. The van der Waals surface area contributed by atoms with E-state index in [2.05, 4.69) is 32.3 Å². The van der Waals surface area contributed by atoms with Crippen molar-refractivity contribution in [2.45, 2.75) is 6.04 Å². The molecule has 0 aliphatic carbocycles. The molecule has 5 heteroatoms. The molecule has 1 aliphatic heterocycles. The Morgan fingerprint density at radius 2 is 1.90 bits per heavy atom. The van der Waals surface area contributed by atoms with Crippen LogP contribution in [0.15, 0.2) is 60.0 Å². The second-order valence-corrected chi connectivity index (χ2v) is 4.56. The number of aliphatic imine (C=N–C) groups is 1. The number of fused-ring (bicyclic) bond motifs is 3. The van der Waals surface area contributed by atoms with Crippen LogP contribution in [0.2, 0.25) is 0 Å². The van der Waals surface area contributed by atoms with Gasteiger partial charge in [-0.3, -0.25) is 14.5 Å². The van der Waals surface area contributed by atoms with Crippen molar-refractivity contribution < 1.29 is 0 Å². The molecule has 0 saturated heterocycles. The standard InChI is InChI=1S/C15H11N5/c1-2-5-11(6-3-1)14-15-12(7-4-8-16-15)20-10-18-19-13(20)9-17-14/h1-10,14H. The van der Waals surface area contributed by atoms with E-state index in [0.29, 0.717) is 0 Å². The molecule has 0 bridgehead atoms. The highest BCUT2D eigenvalue weighted by atomic mass is 15.3. The van der Waals surface area contributed by atoms with Crippen molar-refractivity contribution in [3.8, 4) is 5.69 Å². The smallest absolute Gasteiger partial charge is 0.179 e. The highest BCUT2D eigenvalue weighted by Crippen LogP contribution is 2.30. The summed E-state index contributed by atoms with van der Waals surface area (Å²) < 4.78 is 1.91. The summed E-state index contributed by atoms with van der Waals surface area (Å²) in [5, 5.41) is 8.02. The number of benzene rings is 1. The van der Waals surface area contributed by atoms with Crippen LogP contribution in [0, 0.1) is 0 Å². The average molecular weight is 261 g/mol. The molecular weight excluding hydrogens is 250 g/mol. The SMILES string of the molecule is C1=NC(c2ccccc2)c2ncccc2-n2cnnc21. The molecule has 3 heterocycles. The topological polar surface area (TPSA) is 56.0 Å². The number of hydrogen-bond acceptors (Lipinski definition) is 4. The van der Waals surface area contributed by atoms with Crippen LogP contribution in [0.1, 0.15) is 23.1 Å². The molecule has 5 nitrogen and oxygen atoms in total. The molecular formula is C15H11N5. The van der Waals surface area contributed by atoms with Gasteiger partial charge in [-0.05, 0) is 17.7 Å². The lowest BCUT2D eigenvalue weighted by molar-refractivity contribution is 0.825. The second kappa shape index (κ2) is 4.38. The fourth-order valence-corrected chi connectivity index (χ4v) is 2.43. The van der Waals surface area contributed by atoms with Gasteiger partial charge in [0.05, 0.1) is 17.6 Å². The summed E-state index contributed by atoms with van der Waals surface area (Å²) in [4.78, 5) is 9.16. The first kappa shape index (κ1) is 11.0. The van der Waals surface area contributed by atoms with Gasteiger partial charge in [-0.25, -0.2) is 0 Å². The van der Waals surface area contributed by atoms with Crippen LogP contribution in [0.4, 0.5) is 0 Å². The van der Waals surface area contributed by atoms with E-state index in [1.807, 2.05) is 34.9 Å². The maximum atomic E-state index is 4.64. The molecule has 0 radical (unpaired) electrons. The van der Waals surface area contributed by atoms with Crippen LogP contribution in [0.25, 0.3) is 5.69 Å². The molecule has 2 aromatic heterocycles. The Kier molecular flexibility index (Phi) is 2.42. The Balaban J connectivity index is 1.96. The minimum Gasteiger partial charge on any atom is -0.279 e. The van der Waals surface area contributed by atoms with Gasteiger partial charge in [0.2, 0.25) is 0 Å². The maximum Gasteiger partial charge on any atom is 0.179 e. The van der Waals surface area contributed by atoms with Crippen LogP contribution < -0.4 is 0 Å². The monoisotopic (exact) mass is 261 g/mol. The van der Waals surface area contributed by atoms with Gasteiger partial charge < -0.3 is 0 Å². The van der Waals surface area contributed by atoms with Crippen molar-refractivity contribution in [1.82, 2.24) is 19.7 Å². The van der Waals surface area contributed by atoms with E-state index >= 15 is 0 Å². The highest BCUT2D eigenvalue weighted by molar-refractivity contribution is 5.77. The lowest BCUT2D eigenvalue weighted by Gasteiger charge is -2.14. The molecule has 0 spiro atoms. The quantitative estimate of drug-likeness (QED) is 0.674. The fourth-order valence-electron chi connectivity index (χ4n) is 2.43. The minimum atomic E-state index is -0.117. The van der Waals surface area contributed by atoms with Gasteiger partial charge in [0.15, 0.2) is 5.82 Å². The molecule has 1 atom stereocenters. The Hall–Kier alpha value is -2.82. The van der Waals surface area contributed by atoms with Gasteiger partial charge in [0.25, 0.3) is 0 Å². The summed E-state index contributed by atoms with van der Waals surface area (Å²) in [7, 11) is 0. The number of aromatic nitrogens is 4. The van der Waals surface area contributed by atoms with E-state index in [-0.39, 0.29) is 6.04 Å². The molecule has 1 unspecified atom stereocenters. The van der Waals surface area contributed by atoms with E-state index in [4.69, 9.17) is 0 Å². The zero-order valence-electron chi connectivity index (χ0n) is 10.6. The van der Waals surface area contributed by atoms with Crippen LogP contribution in [0.5, 0.6) is 0 Å². The van der Waals surface area contributed by atoms with E-state index in [9.17, 15) is 0 Å². The van der Waals surface area contributed by atoms with Crippen LogP contribution in [-0.4, -0.2) is 26.0 Å². The van der Waals surface area contributed by atoms with Gasteiger partial charge in [-0.15, -0.1) is 10.2 Å². The minimum absolute atomic E-state index is 0.117. The van der Waals surface area contributed by atoms with E-state index in [1.165, 1.54) is 0 Å². The first-order valence-corrected chi connectivity index (χ1v) is 6.37. The Bertz CT molecular complexity index is 776. The van der Waals surface area contributed by atoms with Crippen LogP contribution in [-0.2, 0) is 0 Å². The largest absolute Gasteiger partial charge is 0.279 e. The summed E-state index contributed by atoms with van der Waals surface area (Å²) >= 11 is 0. The molecule has 0 amide bonds. The third-order valence-electron chi connectivity index (χ3n) is 3.36. The lowest BCUT2D eigenvalue weighted by atomic mass is 10.0. The predicted molar refractivity (Wildman–Crippen MR) is 75.0 cm³/mol. The summed E-state index contributed by atoms with van der Waals surface area (Å²) in [6, 6.07) is 14.0. The van der Waals surface area contributed by atoms with Gasteiger partial charge in [-0.1, -0.05) is 30.3 Å². The first-order valence-electron chi connectivity index (χ1n) is 6.37. The lowest BCUT2D eigenvalue weighted by Crippen LogP contribution is -2.05. The molecule has 0 saturated carbocycles. The Labute approximate surface area is 115 Å². The van der Waals surface area contributed by atoms with Crippen molar-refractivity contribution in [2.75, 3.05) is 0 Å². The fraction of sp³-hybridized carbons (Fsp3) is 0.0667. The van der Waals surface area contributed by atoms with Crippen LogP contribution in [0.3, 0.4) is 0 Å². The molecule has 96 valence electrons. The summed E-state index contributed by atoms with van der Waals surface area (Å²) in [6.07, 6.45) is 5.24. The summed E-state index contributed by atoms with van der Waals surface area (Å²) in [6.45, 7) is 0. The normalized spacial score (nSPS) is 16.3. The molecule has 4 rings (SSSR count). The van der Waals surface area contributed by atoms with Crippen molar-refractivity contribution in [1.29, 1.82) is 0 Å². The third-order valence-corrected chi connectivity index (χ3v) is 3.36. The molecule has 20 heavy (non-hydrogen) atoms. The predicted octanol–water partition coefficient (Wildman–Crippen LogP) is 2.18. The second-order valence-electron chi connectivity index (χ2n) is 4.56. The number of hydrogen-bond donors (Lipinski definition) is 0. The Morgan fingerprint density at radius 1 is 1.00 bits per heavy atom. The zero-order valence-corrected chi connectivity index (χ0v) is 10.6. The van der Waals surface area contributed by atoms with Gasteiger partial charge >= 0.3 is 0 Å². The van der Waals surface area contributed by atoms with Gasteiger partial charge in [0.1, 0.15) is 12.4 Å².